The molecule has 0 saturated carbocycles. The monoisotopic (exact) mass is 437 g/mol. The summed E-state index contributed by atoms with van der Waals surface area (Å²) < 4.78 is 6.76. The van der Waals surface area contributed by atoms with E-state index >= 15 is 0 Å². The van der Waals surface area contributed by atoms with Crippen LogP contribution in [0.5, 0.6) is 0 Å². The Kier molecular flexibility index (Phi) is 6.80. The van der Waals surface area contributed by atoms with E-state index in [1.54, 1.807) is 0 Å². The second-order valence-electron chi connectivity index (χ2n) is 6.78. The van der Waals surface area contributed by atoms with Crippen molar-refractivity contribution in [1.29, 1.82) is 0 Å². The second-order valence-corrected chi connectivity index (χ2v) is 8.03. The number of benzene rings is 2. The number of esters is 1. The molecular formula is C20H24INO2. The van der Waals surface area contributed by atoms with Crippen LogP contribution < -0.4 is 5.32 Å². The number of carbonyl (C=O) groups is 1. The van der Waals surface area contributed by atoms with Crippen molar-refractivity contribution in [3.05, 3.63) is 69.3 Å². The summed E-state index contributed by atoms with van der Waals surface area (Å²) in [6.45, 7) is 6.31. The summed E-state index contributed by atoms with van der Waals surface area (Å²) in [5, 5.41) is 3.35. The molecule has 0 aliphatic heterocycles. The zero-order chi connectivity index (χ0) is 17.6. The molecule has 1 N–H and O–H groups in total. The molecule has 0 bridgehead atoms. The molecule has 0 amide bonds. The van der Waals surface area contributed by atoms with Gasteiger partial charge in [-0.25, -0.2) is 0 Å². The molecule has 0 saturated heterocycles. The highest BCUT2D eigenvalue weighted by molar-refractivity contribution is 14.1. The van der Waals surface area contributed by atoms with E-state index in [2.05, 4.69) is 52.2 Å². The van der Waals surface area contributed by atoms with Gasteiger partial charge in [0.2, 0.25) is 0 Å². The lowest BCUT2D eigenvalue weighted by Crippen LogP contribution is -2.42. The van der Waals surface area contributed by atoms with Gasteiger partial charge in [0.05, 0.1) is 0 Å². The van der Waals surface area contributed by atoms with E-state index < -0.39 is 5.60 Å². The maximum atomic E-state index is 12.6. The van der Waals surface area contributed by atoms with Gasteiger partial charge in [0.15, 0.2) is 0 Å². The number of nitrogens with one attached hydrogen (secondary N) is 1. The van der Waals surface area contributed by atoms with Crippen LogP contribution in [0.15, 0.2) is 54.6 Å². The first-order valence-electron chi connectivity index (χ1n) is 8.08. The zero-order valence-corrected chi connectivity index (χ0v) is 16.5. The molecule has 0 unspecified atom stereocenters. The quantitative estimate of drug-likeness (QED) is 0.540. The molecule has 2 rings (SSSR count). The summed E-state index contributed by atoms with van der Waals surface area (Å²) in [6, 6.07) is 17.9. The van der Waals surface area contributed by atoms with Crippen molar-refractivity contribution in [2.75, 3.05) is 0 Å². The van der Waals surface area contributed by atoms with Crippen molar-refractivity contribution in [3.8, 4) is 0 Å². The van der Waals surface area contributed by atoms with Gasteiger partial charge in [-0.1, -0.05) is 42.5 Å². The molecule has 2 aromatic carbocycles. The number of halogens is 1. The van der Waals surface area contributed by atoms with Crippen LogP contribution >= 0.6 is 22.6 Å². The molecule has 0 spiro atoms. The van der Waals surface area contributed by atoms with E-state index in [9.17, 15) is 4.79 Å². The fraction of sp³-hybridized carbons (Fsp3) is 0.350. The van der Waals surface area contributed by atoms with Crippen LogP contribution in [0, 0.1) is 3.57 Å². The third-order valence-corrected chi connectivity index (χ3v) is 4.16. The van der Waals surface area contributed by atoms with Gasteiger partial charge in [0, 0.05) is 10.1 Å². The van der Waals surface area contributed by atoms with Crippen molar-refractivity contribution in [2.24, 2.45) is 0 Å². The Morgan fingerprint density at radius 1 is 1.04 bits per heavy atom. The first-order chi connectivity index (χ1) is 11.3. The highest BCUT2D eigenvalue weighted by atomic mass is 127. The summed E-state index contributed by atoms with van der Waals surface area (Å²) in [6.07, 6.45) is 0.610. The number of ether oxygens (including phenoxy) is 1. The van der Waals surface area contributed by atoms with Gasteiger partial charge < -0.3 is 10.1 Å². The van der Waals surface area contributed by atoms with Gasteiger partial charge in [-0.2, -0.15) is 0 Å². The van der Waals surface area contributed by atoms with E-state index in [4.69, 9.17) is 4.74 Å². The Hall–Kier alpha value is -1.40. The van der Waals surface area contributed by atoms with Gasteiger partial charge >= 0.3 is 5.97 Å². The number of carbonyl (C=O) groups excluding carboxylic acids is 1. The lowest BCUT2D eigenvalue weighted by atomic mass is 10.0. The van der Waals surface area contributed by atoms with Crippen LogP contribution in [0.2, 0.25) is 0 Å². The van der Waals surface area contributed by atoms with Crippen molar-refractivity contribution >= 4 is 28.6 Å². The summed E-state index contributed by atoms with van der Waals surface area (Å²) in [5.74, 6) is -0.211. The fourth-order valence-electron chi connectivity index (χ4n) is 2.30. The lowest BCUT2D eigenvalue weighted by molar-refractivity contribution is -0.157. The molecule has 0 fully saturated rings. The van der Waals surface area contributed by atoms with Crippen molar-refractivity contribution in [1.82, 2.24) is 5.32 Å². The molecule has 0 radical (unpaired) electrons. The third kappa shape index (κ3) is 6.61. The molecule has 0 aliphatic carbocycles. The predicted molar refractivity (Wildman–Crippen MR) is 106 cm³/mol. The molecule has 2 aromatic rings. The Labute approximate surface area is 157 Å². The molecule has 3 nitrogen and oxygen atoms in total. The minimum Gasteiger partial charge on any atom is -0.459 e. The van der Waals surface area contributed by atoms with Gasteiger partial charge in [-0.3, -0.25) is 4.79 Å². The Morgan fingerprint density at radius 2 is 1.67 bits per heavy atom. The second kappa shape index (κ2) is 8.62. The average molecular weight is 437 g/mol. The van der Waals surface area contributed by atoms with Crippen LogP contribution in [-0.4, -0.2) is 17.6 Å². The number of hydrogen-bond donors (Lipinski definition) is 1. The molecule has 4 heteroatoms. The van der Waals surface area contributed by atoms with Crippen LogP contribution in [0.25, 0.3) is 0 Å². The van der Waals surface area contributed by atoms with Crippen molar-refractivity contribution < 1.29 is 9.53 Å². The largest absolute Gasteiger partial charge is 0.459 e. The van der Waals surface area contributed by atoms with E-state index in [1.165, 1.54) is 3.57 Å². The minimum atomic E-state index is -0.490. The number of hydrogen-bond acceptors (Lipinski definition) is 3. The zero-order valence-electron chi connectivity index (χ0n) is 14.4. The highest BCUT2D eigenvalue weighted by Crippen LogP contribution is 2.13. The maximum Gasteiger partial charge on any atom is 0.324 e. The predicted octanol–water partition coefficient (Wildman–Crippen LogP) is 4.33. The minimum absolute atomic E-state index is 0.211. The topological polar surface area (TPSA) is 38.3 Å². The number of rotatable bonds is 6. The fourth-order valence-corrected chi connectivity index (χ4v) is 2.66. The van der Waals surface area contributed by atoms with Crippen molar-refractivity contribution in [3.63, 3.8) is 0 Å². The molecule has 0 aliphatic rings. The SMILES string of the molecule is CC(C)(C)OC(=O)[C@H](Cc1ccc(I)cc1)NCc1ccccc1. The van der Waals surface area contributed by atoms with Gasteiger partial charge in [0.25, 0.3) is 0 Å². The first-order valence-corrected chi connectivity index (χ1v) is 9.16. The van der Waals surface area contributed by atoms with Crippen molar-refractivity contribution in [2.45, 2.75) is 45.4 Å². The normalized spacial score (nSPS) is 12.7. The molecule has 24 heavy (non-hydrogen) atoms. The smallest absolute Gasteiger partial charge is 0.324 e. The summed E-state index contributed by atoms with van der Waals surface area (Å²) >= 11 is 2.28. The Balaban J connectivity index is 2.08. The van der Waals surface area contributed by atoms with Crippen LogP contribution in [0.3, 0.4) is 0 Å². The summed E-state index contributed by atoms with van der Waals surface area (Å²) in [5.41, 5.74) is 1.77. The van der Waals surface area contributed by atoms with E-state index in [0.29, 0.717) is 13.0 Å². The van der Waals surface area contributed by atoms with Crippen LogP contribution in [0.1, 0.15) is 31.9 Å². The molecule has 128 valence electrons. The lowest BCUT2D eigenvalue weighted by Gasteiger charge is -2.25. The van der Waals surface area contributed by atoms with Gasteiger partial charge in [0.1, 0.15) is 11.6 Å². The summed E-state index contributed by atoms with van der Waals surface area (Å²) in [7, 11) is 0. The van der Waals surface area contributed by atoms with Gasteiger partial charge in [-0.15, -0.1) is 0 Å². The molecule has 0 aromatic heterocycles. The average Bonchev–Trinajstić information content (AvgIpc) is 2.52. The third-order valence-electron chi connectivity index (χ3n) is 3.44. The standard InChI is InChI=1S/C20H24INO2/c1-20(2,3)24-19(23)18(13-15-9-11-17(21)12-10-15)22-14-16-7-5-4-6-8-16/h4-12,18,22H,13-14H2,1-3H3/t18-/m0/s1. The van der Waals surface area contributed by atoms with E-state index in [-0.39, 0.29) is 12.0 Å². The maximum absolute atomic E-state index is 12.6. The Morgan fingerprint density at radius 3 is 2.25 bits per heavy atom. The van der Waals surface area contributed by atoms with Crippen LogP contribution in [0.4, 0.5) is 0 Å². The van der Waals surface area contributed by atoms with E-state index in [1.807, 2.05) is 51.1 Å². The highest BCUT2D eigenvalue weighted by Gasteiger charge is 2.25. The Bertz CT molecular complexity index is 648. The van der Waals surface area contributed by atoms with E-state index in [0.717, 1.165) is 11.1 Å². The molecule has 0 heterocycles. The van der Waals surface area contributed by atoms with Gasteiger partial charge in [-0.05, 0) is 73.0 Å². The first kappa shape index (κ1) is 18.9. The van der Waals surface area contributed by atoms with Crippen LogP contribution in [-0.2, 0) is 22.5 Å². The summed E-state index contributed by atoms with van der Waals surface area (Å²) in [4.78, 5) is 12.6. The molecular weight excluding hydrogens is 413 g/mol. The molecule has 1 atom stereocenters.